The highest BCUT2D eigenvalue weighted by Crippen LogP contribution is 2.39. The molecule has 0 saturated carbocycles. The lowest BCUT2D eigenvalue weighted by Gasteiger charge is -2.49. The van der Waals surface area contributed by atoms with Gasteiger partial charge in [-0.1, -0.05) is 30.0 Å². The van der Waals surface area contributed by atoms with Crippen molar-refractivity contribution in [3.8, 4) is 5.75 Å². The van der Waals surface area contributed by atoms with E-state index >= 15 is 0 Å². The first kappa shape index (κ1) is 31.1. The molecule has 1 fully saturated rings. The summed E-state index contributed by atoms with van der Waals surface area (Å²) in [5.74, 6) is -3.02. The van der Waals surface area contributed by atoms with Crippen molar-refractivity contribution in [1.29, 1.82) is 0 Å². The number of nitrogens with zero attached hydrogens (tertiary/aromatic N) is 5. The Morgan fingerprint density at radius 2 is 1.98 bits per heavy atom. The standard InChI is InChI=1S/C26H27N7O8S3/c1-14(22(27)35)33-26(29-30-31-33)43-12-16-13-44(38,39)24-20(28-19(34)10-18-4-3-9-42-18)23(36)32(24)21(16)25(37)41-11-15-5-7-17(40-2)8-6-15/h3-9,14,20,24H,10-13H2,1-2H3,(H2,27,35)(H,28,34)/t14?,20-,24-/m1/s1. The van der Waals surface area contributed by atoms with Crippen molar-refractivity contribution in [3.63, 3.8) is 0 Å². The lowest BCUT2D eigenvalue weighted by molar-refractivity contribution is -0.153. The number of tetrazole rings is 1. The molecule has 0 spiro atoms. The summed E-state index contributed by atoms with van der Waals surface area (Å²) in [7, 11) is -2.55. The van der Waals surface area contributed by atoms with Gasteiger partial charge in [-0.2, -0.15) is 0 Å². The number of carbonyl (C=O) groups is 4. The van der Waals surface area contributed by atoms with Crippen LogP contribution < -0.4 is 15.8 Å². The first-order valence-corrected chi connectivity index (χ1v) is 16.7. The molecule has 5 rings (SSSR count). The molecule has 1 unspecified atom stereocenters. The third-order valence-electron chi connectivity index (χ3n) is 6.93. The molecule has 3 aromatic rings. The van der Waals surface area contributed by atoms with Gasteiger partial charge in [-0.25, -0.2) is 17.9 Å². The van der Waals surface area contributed by atoms with E-state index in [9.17, 15) is 27.6 Å². The Labute approximate surface area is 259 Å². The van der Waals surface area contributed by atoms with Crippen LogP contribution >= 0.6 is 23.1 Å². The van der Waals surface area contributed by atoms with E-state index in [1.807, 2.05) is 0 Å². The van der Waals surface area contributed by atoms with Gasteiger partial charge in [0.15, 0.2) is 15.2 Å². The van der Waals surface area contributed by atoms with Gasteiger partial charge in [-0.15, -0.1) is 16.4 Å². The fourth-order valence-corrected chi connectivity index (χ4v) is 8.47. The zero-order chi connectivity index (χ0) is 31.6. The average molecular weight is 662 g/mol. The predicted octanol–water partition coefficient (Wildman–Crippen LogP) is 0.203. The second-order valence-corrected chi connectivity index (χ2v) is 13.9. The van der Waals surface area contributed by atoms with Crippen LogP contribution in [0.25, 0.3) is 0 Å². The Morgan fingerprint density at radius 3 is 2.64 bits per heavy atom. The molecule has 0 bridgehead atoms. The topological polar surface area (TPSA) is 206 Å². The number of methoxy groups -OCH3 is 1. The van der Waals surface area contributed by atoms with E-state index in [-0.39, 0.29) is 35.2 Å². The monoisotopic (exact) mass is 661 g/mol. The highest BCUT2D eigenvalue weighted by molar-refractivity contribution is 7.99. The van der Waals surface area contributed by atoms with E-state index in [2.05, 4.69) is 20.8 Å². The number of carbonyl (C=O) groups excluding carboxylic acids is 4. The molecule has 3 atom stereocenters. The second kappa shape index (κ2) is 12.7. The molecule has 2 aliphatic rings. The number of amides is 3. The van der Waals surface area contributed by atoms with Gasteiger partial charge in [0.1, 0.15) is 30.1 Å². The van der Waals surface area contributed by atoms with Crippen molar-refractivity contribution in [1.82, 2.24) is 30.4 Å². The number of hydrogen-bond acceptors (Lipinski definition) is 13. The number of hydrogen-bond donors (Lipinski definition) is 2. The highest BCUT2D eigenvalue weighted by Gasteiger charge is 2.60. The molecule has 4 heterocycles. The summed E-state index contributed by atoms with van der Waals surface area (Å²) in [4.78, 5) is 52.9. The number of primary amides is 1. The molecular weight excluding hydrogens is 635 g/mol. The molecule has 3 amide bonds. The van der Waals surface area contributed by atoms with Gasteiger partial charge in [0.2, 0.25) is 17.0 Å². The van der Waals surface area contributed by atoms with Crippen LogP contribution in [0.2, 0.25) is 0 Å². The number of nitrogens with two attached hydrogens (primary N) is 1. The number of thiophene rings is 1. The van der Waals surface area contributed by atoms with Crippen LogP contribution in [0.4, 0.5) is 0 Å². The van der Waals surface area contributed by atoms with Crippen molar-refractivity contribution in [2.75, 3.05) is 18.6 Å². The average Bonchev–Trinajstić information content (AvgIpc) is 3.69. The highest BCUT2D eigenvalue weighted by atomic mass is 32.2. The van der Waals surface area contributed by atoms with Gasteiger partial charge in [-0.3, -0.25) is 19.3 Å². The largest absolute Gasteiger partial charge is 0.497 e. The molecular formula is C26H27N7O8S3. The normalized spacial score (nSPS) is 19.5. The molecule has 2 aliphatic heterocycles. The molecule has 1 saturated heterocycles. The van der Waals surface area contributed by atoms with Crippen molar-refractivity contribution in [3.05, 3.63) is 63.5 Å². The van der Waals surface area contributed by atoms with E-state index in [1.165, 1.54) is 30.1 Å². The number of aromatic nitrogens is 4. The molecule has 18 heteroatoms. The van der Waals surface area contributed by atoms with Crippen LogP contribution in [-0.2, 0) is 46.8 Å². The molecule has 2 aromatic heterocycles. The van der Waals surface area contributed by atoms with Crippen LogP contribution in [0.3, 0.4) is 0 Å². The number of esters is 1. The molecule has 232 valence electrons. The van der Waals surface area contributed by atoms with Crippen LogP contribution in [0.5, 0.6) is 5.75 Å². The van der Waals surface area contributed by atoms with Crippen LogP contribution in [0.15, 0.2) is 58.2 Å². The summed E-state index contributed by atoms with van der Waals surface area (Å²) in [5.41, 5.74) is 5.84. The molecule has 3 N–H and O–H groups in total. The van der Waals surface area contributed by atoms with E-state index in [0.717, 1.165) is 21.5 Å². The van der Waals surface area contributed by atoms with E-state index in [1.54, 1.807) is 41.8 Å². The maximum Gasteiger partial charge on any atom is 0.355 e. The summed E-state index contributed by atoms with van der Waals surface area (Å²) >= 11 is 2.31. The first-order valence-electron chi connectivity index (χ1n) is 13.1. The van der Waals surface area contributed by atoms with E-state index < -0.39 is 56.7 Å². The maximum absolute atomic E-state index is 13.5. The molecule has 1 aromatic carbocycles. The van der Waals surface area contributed by atoms with Crippen molar-refractivity contribution in [2.24, 2.45) is 5.73 Å². The zero-order valence-electron chi connectivity index (χ0n) is 23.4. The van der Waals surface area contributed by atoms with Gasteiger partial charge in [0.05, 0.1) is 19.3 Å². The van der Waals surface area contributed by atoms with Crippen molar-refractivity contribution < 1.29 is 37.1 Å². The molecule has 44 heavy (non-hydrogen) atoms. The molecule has 0 aliphatic carbocycles. The smallest absolute Gasteiger partial charge is 0.355 e. The lowest BCUT2D eigenvalue weighted by atomic mass is 10.0. The number of fused-ring (bicyclic) bond motifs is 1. The van der Waals surface area contributed by atoms with E-state index in [0.29, 0.717) is 11.3 Å². The van der Waals surface area contributed by atoms with Crippen LogP contribution in [0, 0.1) is 0 Å². The summed E-state index contributed by atoms with van der Waals surface area (Å²) in [5, 5.41) is 14.2. The molecule has 0 radical (unpaired) electrons. The van der Waals surface area contributed by atoms with Crippen LogP contribution in [-0.4, -0.2) is 87.2 Å². The molecule has 15 nitrogen and oxygen atoms in total. The second-order valence-electron chi connectivity index (χ2n) is 9.86. The maximum atomic E-state index is 13.5. The Balaban J connectivity index is 1.41. The summed E-state index contributed by atoms with van der Waals surface area (Å²) < 4.78 is 38.8. The van der Waals surface area contributed by atoms with Gasteiger partial charge < -0.3 is 20.5 Å². The number of thioether (sulfide) groups is 1. The summed E-state index contributed by atoms with van der Waals surface area (Å²) in [6.07, 6.45) is -0.0266. The third kappa shape index (κ3) is 6.31. The number of β-lactam (4-membered cyclic amide) rings is 1. The van der Waals surface area contributed by atoms with Crippen LogP contribution in [0.1, 0.15) is 23.4 Å². The van der Waals surface area contributed by atoms with E-state index in [4.69, 9.17) is 15.2 Å². The number of sulfone groups is 1. The quantitative estimate of drug-likeness (QED) is 0.152. The lowest BCUT2D eigenvalue weighted by Crippen LogP contribution is -2.75. The first-order chi connectivity index (χ1) is 21.0. The van der Waals surface area contributed by atoms with Gasteiger partial charge >= 0.3 is 5.97 Å². The third-order valence-corrected chi connectivity index (χ3v) is 10.8. The minimum Gasteiger partial charge on any atom is -0.497 e. The fourth-order valence-electron chi connectivity index (χ4n) is 4.65. The summed E-state index contributed by atoms with van der Waals surface area (Å²) in [6.45, 7) is 1.33. The summed E-state index contributed by atoms with van der Waals surface area (Å²) in [6, 6.07) is 8.02. The predicted molar refractivity (Wildman–Crippen MR) is 157 cm³/mol. The zero-order valence-corrected chi connectivity index (χ0v) is 25.9. The van der Waals surface area contributed by atoms with Crippen molar-refractivity contribution in [2.45, 2.75) is 42.6 Å². The Hall–Kier alpha value is -4.29. The number of benzene rings is 1. The number of ether oxygens (including phenoxy) is 2. The Morgan fingerprint density at radius 1 is 1.23 bits per heavy atom. The SMILES string of the molecule is COc1ccc(COC(=O)C2=C(CSc3nnnn3C(C)C(N)=O)CS(=O)(=O)[C@@H]3[C@H](NC(=O)Cc4cccs4)C(=O)N23)cc1. The Bertz CT molecular complexity index is 1720. The van der Waals surface area contributed by atoms with Crippen molar-refractivity contribution >= 4 is 56.6 Å². The van der Waals surface area contributed by atoms with Gasteiger partial charge in [0, 0.05) is 10.6 Å². The van der Waals surface area contributed by atoms with Gasteiger partial charge in [0.25, 0.3) is 5.91 Å². The Kier molecular flexibility index (Phi) is 9.02. The number of nitrogens with one attached hydrogen (secondary N) is 1. The fraction of sp³-hybridized carbons (Fsp3) is 0.346. The van der Waals surface area contributed by atoms with Gasteiger partial charge in [-0.05, 0) is 52.1 Å². The minimum absolute atomic E-state index is 0.0266. The minimum atomic E-state index is -4.07. The number of rotatable bonds is 12.